The first-order chi connectivity index (χ1) is 18.3. The Hall–Kier alpha value is -3.21. The number of ether oxygens (including phenoxy) is 1. The molecule has 0 atom stereocenters. The van der Waals surface area contributed by atoms with Gasteiger partial charge in [0.15, 0.2) is 0 Å². The average Bonchev–Trinajstić information content (AvgIpc) is 3.41. The molecular weight excluding hydrogens is 488 g/mol. The van der Waals surface area contributed by atoms with Gasteiger partial charge in [0.1, 0.15) is 18.2 Å². The van der Waals surface area contributed by atoms with Crippen LogP contribution in [0.15, 0.2) is 59.6 Å². The van der Waals surface area contributed by atoms with Crippen molar-refractivity contribution in [2.75, 3.05) is 36.8 Å². The smallest absolute Gasteiger partial charge is 0.241 e. The summed E-state index contributed by atoms with van der Waals surface area (Å²) >= 11 is 0. The summed E-state index contributed by atoms with van der Waals surface area (Å²) < 4.78 is 50.4. The van der Waals surface area contributed by atoms with Crippen molar-refractivity contribution in [3.05, 3.63) is 60.3 Å². The summed E-state index contributed by atoms with van der Waals surface area (Å²) in [5.41, 5.74) is 1.51. The lowest BCUT2D eigenvalue weighted by Gasteiger charge is -2.20. The van der Waals surface area contributed by atoms with Crippen LogP contribution in [-0.2, 0) is 10.0 Å². The molecule has 0 radical (unpaired) electrons. The van der Waals surface area contributed by atoms with E-state index >= 15 is 0 Å². The lowest BCUT2D eigenvalue weighted by molar-refractivity contribution is 0.238. The summed E-state index contributed by atoms with van der Waals surface area (Å²) in [5, 5.41) is 6.35. The van der Waals surface area contributed by atoms with Gasteiger partial charge in [0.25, 0.3) is 0 Å². The molecule has 2 heterocycles. The third-order valence-corrected chi connectivity index (χ3v) is 7.32. The molecule has 4 rings (SSSR count). The molecule has 1 fully saturated rings. The van der Waals surface area contributed by atoms with E-state index in [-0.39, 0.29) is 11.5 Å². The van der Waals surface area contributed by atoms with Gasteiger partial charge in [-0.25, -0.2) is 18.1 Å². The Bertz CT molecular complexity index is 1390. The van der Waals surface area contributed by atoms with E-state index < -0.39 is 22.1 Å². The molecule has 0 saturated carbocycles. The zero-order valence-corrected chi connectivity index (χ0v) is 22.5. The van der Waals surface area contributed by atoms with E-state index in [4.69, 9.17) is 7.48 Å². The van der Waals surface area contributed by atoms with Gasteiger partial charge >= 0.3 is 0 Å². The number of benzene rings is 2. The molecule has 9 nitrogen and oxygen atoms in total. The van der Waals surface area contributed by atoms with Crippen molar-refractivity contribution in [3.8, 4) is 5.75 Å². The van der Waals surface area contributed by atoms with Crippen LogP contribution in [0.4, 0.5) is 23.1 Å². The molecule has 1 aliphatic rings. The van der Waals surface area contributed by atoms with Crippen molar-refractivity contribution in [2.45, 2.75) is 51.0 Å². The van der Waals surface area contributed by atoms with Crippen molar-refractivity contribution in [1.82, 2.24) is 19.6 Å². The molecule has 2 aromatic carbocycles. The van der Waals surface area contributed by atoms with Crippen molar-refractivity contribution < 1.29 is 15.9 Å². The standard InChI is InChI=1S/C27H36N6O3S/c1-20-19-28-26(30-21-10-12-23(13-11-21)36-17-16-33-14-5-6-15-33)31-25(20)29-22-8-7-9-24(18-22)37(34,35)32-27(2,3)4/h7-13,18-19,32H,5-6,14-17H2,1-4H3,(H2,28,29,30,31)/i16D2. The summed E-state index contributed by atoms with van der Waals surface area (Å²) in [6.07, 6.45) is 3.71. The van der Waals surface area contributed by atoms with Gasteiger partial charge in [-0.1, -0.05) is 6.07 Å². The molecule has 198 valence electrons. The Kier molecular flexibility index (Phi) is 7.47. The van der Waals surface area contributed by atoms with Crippen LogP contribution in [0.5, 0.6) is 5.75 Å². The van der Waals surface area contributed by atoms with Gasteiger partial charge in [-0.3, -0.25) is 4.90 Å². The fourth-order valence-corrected chi connectivity index (χ4v) is 5.28. The highest BCUT2D eigenvalue weighted by Crippen LogP contribution is 2.24. The van der Waals surface area contributed by atoms with Crippen LogP contribution < -0.4 is 20.1 Å². The predicted molar refractivity (Wildman–Crippen MR) is 147 cm³/mol. The maximum Gasteiger partial charge on any atom is 0.241 e. The van der Waals surface area contributed by atoms with Crippen LogP contribution in [0.1, 0.15) is 41.9 Å². The molecule has 1 aromatic heterocycles. The molecule has 0 amide bonds. The average molecular weight is 527 g/mol. The number of hydrogen-bond donors (Lipinski definition) is 3. The van der Waals surface area contributed by atoms with Crippen molar-refractivity contribution in [2.24, 2.45) is 0 Å². The zero-order chi connectivity index (χ0) is 28.3. The van der Waals surface area contributed by atoms with Gasteiger partial charge in [0.2, 0.25) is 16.0 Å². The molecule has 1 saturated heterocycles. The Morgan fingerprint density at radius 1 is 1.05 bits per heavy atom. The summed E-state index contributed by atoms with van der Waals surface area (Å²) in [4.78, 5) is 10.9. The monoisotopic (exact) mass is 526 g/mol. The zero-order valence-electron chi connectivity index (χ0n) is 23.7. The minimum atomic E-state index is -3.68. The largest absolute Gasteiger partial charge is 0.492 e. The lowest BCUT2D eigenvalue weighted by Crippen LogP contribution is -2.40. The van der Waals surface area contributed by atoms with Crippen LogP contribution in [0, 0.1) is 6.92 Å². The molecule has 37 heavy (non-hydrogen) atoms. The number of hydrogen-bond acceptors (Lipinski definition) is 8. The maximum absolute atomic E-state index is 12.7. The number of sulfonamides is 1. The summed E-state index contributed by atoms with van der Waals surface area (Å²) in [5.74, 6) is 1.47. The van der Waals surface area contributed by atoms with Crippen LogP contribution >= 0.6 is 0 Å². The van der Waals surface area contributed by atoms with Gasteiger partial charge in [0.05, 0.1) is 4.90 Å². The first kappa shape index (κ1) is 24.1. The highest BCUT2D eigenvalue weighted by Gasteiger charge is 2.22. The minimum absolute atomic E-state index is 0.0371. The minimum Gasteiger partial charge on any atom is -0.492 e. The number of nitrogens with one attached hydrogen (secondary N) is 3. The molecular formula is C27H36N6O3S. The SMILES string of the molecule is [2H]C([2H])(COc1ccc(Nc2ncc(C)c(Nc3cccc(S(=O)(=O)NC(C)(C)C)c3)n2)cc1)N1CCCC1. The fourth-order valence-electron chi connectivity index (χ4n) is 3.81. The maximum atomic E-state index is 12.7. The van der Waals surface area contributed by atoms with E-state index in [2.05, 4.69) is 25.3 Å². The van der Waals surface area contributed by atoms with Gasteiger partial charge < -0.3 is 15.4 Å². The van der Waals surface area contributed by atoms with E-state index in [9.17, 15) is 8.42 Å². The number of aromatic nitrogens is 2. The van der Waals surface area contributed by atoms with E-state index in [1.165, 1.54) is 0 Å². The molecule has 0 spiro atoms. The van der Waals surface area contributed by atoms with E-state index in [0.717, 1.165) is 37.2 Å². The molecule has 0 aliphatic carbocycles. The second kappa shape index (κ2) is 11.5. The quantitative estimate of drug-likeness (QED) is 0.345. The number of rotatable bonds is 10. The Morgan fingerprint density at radius 2 is 1.78 bits per heavy atom. The van der Waals surface area contributed by atoms with Gasteiger partial charge in [-0.15, -0.1) is 0 Å². The first-order valence-corrected chi connectivity index (χ1v) is 13.8. The van der Waals surface area contributed by atoms with Gasteiger partial charge in [-0.05, 0) is 96.1 Å². The van der Waals surface area contributed by atoms with E-state index in [1.54, 1.807) is 63.4 Å². The van der Waals surface area contributed by atoms with Crippen LogP contribution in [0.2, 0.25) is 0 Å². The van der Waals surface area contributed by atoms with E-state index in [0.29, 0.717) is 23.2 Å². The number of anilines is 4. The molecule has 3 N–H and O–H groups in total. The fraction of sp³-hybridized carbons (Fsp3) is 0.407. The topological polar surface area (TPSA) is 108 Å². The predicted octanol–water partition coefficient (Wildman–Crippen LogP) is 4.82. The normalized spacial score (nSPS) is 15.7. The molecule has 1 aliphatic heterocycles. The van der Waals surface area contributed by atoms with E-state index in [1.807, 2.05) is 24.0 Å². The highest BCUT2D eigenvalue weighted by atomic mass is 32.2. The molecule has 0 unspecified atom stereocenters. The molecule has 0 bridgehead atoms. The number of aryl methyl sites for hydroxylation is 1. The molecule has 3 aromatic rings. The van der Waals surface area contributed by atoms with Crippen LogP contribution in [-0.4, -0.2) is 55.0 Å². The third kappa shape index (κ3) is 7.88. The lowest BCUT2D eigenvalue weighted by atomic mass is 10.1. The number of likely N-dealkylation sites (tertiary alicyclic amines) is 1. The van der Waals surface area contributed by atoms with Crippen molar-refractivity contribution in [3.63, 3.8) is 0 Å². The van der Waals surface area contributed by atoms with Crippen molar-refractivity contribution >= 4 is 33.2 Å². The number of nitrogens with zero attached hydrogens (tertiary/aromatic N) is 3. The van der Waals surface area contributed by atoms with Gasteiger partial charge in [-0.2, -0.15) is 4.98 Å². The Morgan fingerprint density at radius 3 is 2.49 bits per heavy atom. The van der Waals surface area contributed by atoms with Crippen molar-refractivity contribution in [1.29, 1.82) is 0 Å². The second-order valence-corrected chi connectivity index (χ2v) is 11.7. The molecule has 10 heteroatoms. The second-order valence-electron chi connectivity index (χ2n) is 10.0. The highest BCUT2D eigenvalue weighted by molar-refractivity contribution is 7.89. The Labute approximate surface area is 222 Å². The summed E-state index contributed by atoms with van der Waals surface area (Å²) in [7, 11) is -3.68. The first-order valence-electron chi connectivity index (χ1n) is 13.3. The van der Waals surface area contributed by atoms with Crippen LogP contribution in [0.25, 0.3) is 0 Å². The summed E-state index contributed by atoms with van der Waals surface area (Å²) in [6.45, 7) is 7.21. The van der Waals surface area contributed by atoms with Gasteiger partial charge in [0, 0.05) is 37.9 Å². The summed E-state index contributed by atoms with van der Waals surface area (Å²) in [6, 6.07) is 13.7. The van der Waals surface area contributed by atoms with Crippen LogP contribution in [0.3, 0.4) is 0 Å². The third-order valence-electron chi connectivity index (χ3n) is 5.56. The Balaban J connectivity index is 1.41.